The van der Waals surface area contributed by atoms with Crippen LogP contribution in [0.2, 0.25) is 0 Å². The van der Waals surface area contributed by atoms with Gasteiger partial charge in [0.2, 0.25) is 0 Å². The first-order valence-corrected chi connectivity index (χ1v) is 2.94. The van der Waals surface area contributed by atoms with Crippen molar-refractivity contribution in [1.82, 2.24) is 4.98 Å². The Morgan fingerprint density at radius 2 is 2.27 bits per heavy atom. The fourth-order valence-corrected chi connectivity index (χ4v) is 0.712. The minimum absolute atomic E-state index is 0.0532. The molecule has 0 aliphatic carbocycles. The van der Waals surface area contributed by atoms with Gasteiger partial charge in [0.25, 0.3) is 6.43 Å². The van der Waals surface area contributed by atoms with Gasteiger partial charge in [0, 0.05) is 11.8 Å². The highest BCUT2D eigenvalue weighted by molar-refractivity contribution is 5.76. The molecule has 4 heteroatoms. The van der Waals surface area contributed by atoms with Crippen LogP contribution >= 0.6 is 0 Å². The van der Waals surface area contributed by atoms with E-state index in [0.29, 0.717) is 6.29 Å². The Morgan fingerprint density at radius 1 is 1.55 bits per heavy atom. The number of hydrogen-bond donors (Lipinski definition) is 0. The predicted octanol–water partition coefficient (Wildman–Crippen LogP) is 1.83. The molecule has 0 saturated heterocycles. The highest BCUT2D eigenvalue weighted by Crippen LogP contribution is 2.18. The second kappa shape index (κ2) is 3.18. The minimum Gasteiger partial charge on any atom is -0.298 e. The molecular formula is C7H5F2NO. The molecule has 0 radical (unpaired) electrons. The van der Waals surface area contributed by atoms with Gasteiger partial charge in [-0.15, -0.1) is 0 Å². The lowest BCUT2D eigenvalue weighted by Gasteiger charge is -1.99. The summed E-state index contributed by atoms with van der Waals surface area (Å²) in [5, 5.41) is 0. The number of rotatable bonds is 2. The topological polar surface area (TPSA) is 30.0 Å². The van der Waals surface area contributed by atoms with Gasteiger partial charge < -0.3 is 0 Å². The first kappa shape index (κ1) is 7.78. The van der Waals surface area contributed by atoms with Gasteiger partial charge in [-0.2, -0.15) is 0 Å². The molecule has 11 heavy (non-hydrogen) atoms. The number of carbonyl (C=O) groups excluding carboxylic acids is 1. The molecule has 1 aromatic heterocycles. The van der Waals surface area contributed by atoms with Crippen molar-refractivity contribution in [3.8, 4) is 0 Å². The number of carbonyl (C=O) groups is 1. The molecule has 0 aromatic carbocycles. The second-order valence-electron chi connectivity index (χ2n) is 1.90. The summed E-state index contributed by atoms with van der Waals surface area (Å²) in [7, 11) is 0. The van der Waals surface area contributed by atoms with Crippen LogP contribution in [0.25, 0.3) is 0 Å². The summed E-state index contributed by atoms with van der Waals surface area (Å²) in [6.45, 7) is 0. The van der Waals surface area contributed by atoms with E-state index in [1.165, 1.54) is 18.3 Å². The molecule has 0 amide bonds. The lowest BCUT2D eigenvalue weighted by Crippen LogP contribution is -1.95. The summed E-state index contributed by atoms with van der Waals surface area (Å²) in [6.07, 6.45) is -1.08. The van der Waals surface area contributed by atoms with Crippen molar-refractivity contribution < 1.29 is 13.6 Å². The highest BCUT2D eigenvalue weighted by Gasteiger charge is 2.12. The number of hydrogen-bond acceptors (Lipinski definition) is 2. The van der Waals surface area contributed by atoms with E-state index >= 15 is 0 Å². The van der Waals surface area contributed by atoms with E-state index in [0.717, 1.165) is 0 Å². The fourth-order valence-electron chi connectivity index (χ4n) is 0.712. The molecule has 0 atom stereocenters. The van der Waals surface area contributed by atoms with Crippen molar-refractivity contribution in [2.24, 2.45) is 0 Å². The van der Waals surface area contributed by atoms with Gasteiger partial charge in [0.1, 0.15) is 5.69 Å². The summed E-state index contributed by atoms with van der Waals surface area (Å²) in [5.74, 6) is 0. The van der Waals surface area contributed by atoms with Gasteiger partial charge >= 0.3 is 0 Å². The average molecular weight is 157 g/mol. The first-order valence-electron chi connectivity index (χ1n) is 2.94. The summed E-state index contributed by atoms with van der Waals surface area (Å²) >= 11 is 0. The maximum Gasteiger partial charge on any atom is 0.281 e. The smallest absolute Gasteiger partial charge is 0.281 e. The molecule has 0 spiro atoms. The first-order chi connectivity index (χ1) is 5.25. The van der Waals surface area contributed by atoms with E-state index in [1.807, 2.05) is 0 Å². The molecule has 2 nitrogen and oxygen atoms in total. The third-order valence-electron chi connectivity index (χ3n) is 1.20. The molecule has 0 unspecified atom stereocenters. The third-order valence-corrected chi connectivity index (χ3v) is 1.20. The Hall–Kier alpha value is -1.32. The van der Waals surface area contributed by atoms with Crippen molar-refractivity contribution in [3.05, 3.63) is 29.6 Å². The van der Waals surface area contributed by atoms with Crippen molar-refractivity contribution in [3.63, 3.8) is 0 Å². The van der Waals surface area contributed by atoms with E-state index in [1.54, 1.807) is 0 Å². The van der Waals surface area contributed by atoms with E-state index in [4.69, 9.17) is 0 Å². The molecular weight excluding hydrogens is 152 g/mol. The molecule has 0 bridgehead atoms. The summed E-state index contributed by atoms with van der Waals surface area (Å²) in [4.78, 5) is 13.5. The van der Waals surface area contributed by atoms with Gasteiger partial charge in [-0.3, -0.25) is 9.78 Å². The van der Waals surface area contributed by atoms with Gasteiger partial charge in [0.15, 0.2) is 6.29 Å². The average Bonchev–Trinajstić information content (AvgIpc) is 2.04. The van der Waals surface area contributed by atoms with Crippen LogP contribution < -0.4 is 0 Å². The Bertz CT molecular complexity index is 262. The summed E-state index contributed by atoms with van der Waals surface area (Å²) in [6, 6.07) is 2.75. The molecule has 1 heterocycles. The summed E-state index contributed by atoms with van der Waals surface area (Å²) < 4.78 is 24.0. The normalized spacial score (nSPS) is 10.1. The van der Waals surface area contributed by atoms with Gasteiger partial charge in [0.05, 0.1) is 0 Å². The highest BCUT2D eigenvalue weighted by atomic mass is 19.3. The molecule has 1 aromatic rings. The number of alkyl halides is 2. The quantitative estimate of drug-likeness (QED) is 0.613. The zero-order chi connectivity index (χ0) is 8.27. The minimum atomic E-state index is -2.68. The molecule has 0 N–H and O–H groups in total. The Morgan fingerprint density at radius 3 is 2.73 bits per heavy atom. The SMILES string of the molecule is O=Cc1cccnc1C(F)F. The predicted molar refractivity (Wildman–Crippen MR) is 34.6 cm³/mol. The molecule has 0 aliphatic rings. The zero-order valence-electron chi connectivity index (χ0n) is 5.50. The van der Waals surface area contributed by atoms with Crippen molar-refractivity contribution >= 4 is 6.29 Å². The van der Waals surface area contributed by atoms with Crippen LogP contribution in [-0.2, 0) is 0 Å². The van der Waals surface area contributed by atoms with Gasteiger partial charge in [-0.1, -0.05) is 0 Å². The Labute approximate surface area is 61.9 Å². The summed E-state index contributed by atoms with van der Waals surface area (Å²) in [5.41, 5.74) is -0.509. The lowest BCUT2D eigenvalue weighted by molar-refractivity contribution is 0.110. The van der Waals surface area contributed by atoms with Crippen molar-refractivity contribution in [1.29, 1.82) is 0 Å². The van der Waals surface area contributed by atoms with Crippen molar-refractivity contribution in [2.75, 3.05) is 0 Å². The van der Waals surface area contributed by atoms with Crippen LogP contribution in [0.3, 0.4) is 0 Å². The van der Waals surface area contributed by atoms with Crippen LogP contribution in [-0.4, -0.2) is 11.3 Å². The zero-order valence-corrected chi connectivity index (χ0v) is 5.50. The standard InChI is InChI=1S/C7H5F2NO/c8-7(9)6-5(4-11)2-1-3-10-6/h1-4,7H. The number of halogens is 2. The maximum absolute atomic E-state index is 12.0. The third kappa shape index (κ3) is 1.58. The Kier molecular flexibility index (Phi) is 2.25. The largest absolute Gasteiger partial charge is 0.298 e. The van der Waals surface area contributed by atoms with Gasteiger partial charge in [-0.05, 0) is 12.1 Å². The van der Waals surface area contributed by atoms with E-state index < -0.39 is 12.1 Å². The van der Waals surface area contributed by atoms with Crippen LogP contribution in [0.4, 0.5) is 8.78 Å². The molecule has 0 fully saturated rings. The number of pyridine rings is 1. The fraction of sp³-hybridized carbons (Fsp3) is 0.143. The lowest BCUT2D eigenvalue weighted by atomic mass is 10.2. The van der Waals surface area contributed by atoms with Crippen LogP contribution in [0.1, 0.15) is 22.5 Å². The van der Waals surface area contributed by atoms with Crippen LogP contribution in [0.5, 0.6) is 0 Å². The maximum atomic E-state index is 12.0. The number of aldehydes is 1. The number of nitrogens with zero attached hydrogens (tertiary/aromatic N) is 1. The number of aromatic nitrogens is 1. The molecule has 0 aliphatic heterocycles. The Balaban J connectivity index is 3.12. The van der Waals surface area contributed by atoms with Crippen molar-refractivity contribution in [2.45, 2.75) is 6.43 Å². The molecule has 0 saturated carbocycles. The van der Waals surface area contributed by atoms with E-state index in [9.17, 15) is 13.6 Å². The second-order valence-corrected chi connectivity index (χ2v) is 1.90. The van der Waals surface area contributed by atoms with Crippen LogP contribution in [0, 0.1) is 0 Å². The van der Waals surface area contributed by atoms with E-state index in [2.05, 4.69) is 4.98 Å². The van der Waals surface area contributed by atoms with E-state index in [-0.39, 0.29) is 5.56 Å². The molecule has 58 valence electrons. The van der Waals surface area contributed by atoms with Crippen LogP contribution in [0.15, 0.2) is 18.3 Å². The van der Waals surface area contributed by atoms with Gasteiger partial charge in [-0.25, -0.2) is 8.78 Å². The molecule has 1 rings (SSSR count). The monoisotopic (exact) mass is 157 g/mol.